The van der Waals surface area contributed by atoms with Crippen molar-refractivity contribution < 1.29 is 14.3 Å². The van der Waals surface area contributed by atoms with Crippen molar-refractivity contribution in [2.75, 3.05) is 45.9 Å². The molecule has 1 amide bonds. The van der Waals surface area contributed by atoms with E-state index in [0.717, 1.165) is 58.2 Å². The van der Waals surface area contributed by atoms with Gasteiger partial charge in [0.2, 0.25) is 0 Å². The monoisotopic (exact) mass is 567 g/mol. The Hall–Kier alpha value is -0.810. The molecule has 2 saturated heterocycles. The minimum Gasteiger partial charge on any atom is -0.444 e. The molecule has 0 bridgehead atoms. The molecule has 8 nitrogen and oxygen atoms in total. The molecule has 0 aromatic carbocycles. The predicted molar refractivity (Wildman–Crippen MR) is 141 cm³/mol. The molecule has 0 aliphatic carbocycles. The highest BCUT2D eigenvalue weighted by molar-refractivity contribution is 14.0. The number of aliphatic imine (C=N–C) groups is 1. The molecule has 2 heterocycles. The predicted octanol–water partition coefficient (Wildman–Crippen LogP) is 3.21. The lowest BCUT2D eigenvalue weighted by atomic mass is 10.0. The van der Waals surface area contributed by atoms with Gasteiger partial charge in [-0.05, 0) is 58.8 Å². The SMILES string of the molecule is CCNC(=NCC(NC(=O)OC(C)(C)C)C(C)C)NC1CCN(CC2CCOC2)CC1.I. The second-order valence-corrected chi connectivity index (χ2v) is 10.2. The summed E-state index contributed by atoms with van der Waals surface area (Å²) in [7, 11) is 0. The number of guanidine groups is 1. The maximum atomic E-state index is 12.2. The summed E-state index contributed by atoms with van der Waals surface area (Å²) in [4.78, 5) is 19.5. The zero-order valence-corrected chi connectivity index (χ0v) is 23.2. The highest BCUT2D eigenvalue weighted by atomic mass is 127. The van der Waals surface area contributed by atoms with Gasteiger partial charge in [0.05, 0.1) is 19.2 Å². The average Bonchev–Trinajstić information content (AvgIpc) is 3.18. The van der Waals surface area contributed by atoms with E-state index in [9.17, 15) is 4.79 Å². The zero-order valence-electron chi connectivity index (χ0n) is 20.9. The number of halogens is 1. The first-order valence-electron chi connectivity index (χ1n) is 12.0. The maximum absolute atomic E-state index is 12.2. The molecule has 0 spiro atoms. The zero-order chi connectivity index (χ0) is 22.9. The van der Waals surface area contributed by atoms with Gasteiger partial charge in [0.15, 0.2) is 5.96 Å². The molecule has 2 unspecified atom stereocenters. The van der Waals surface area contributed by atoms with Crippen LogP contribution in [0, 0.1) is 11.8 Å². The third-order valence-corrected chi connectivity index (χ3v) is 5.77. The Balaban J connectivity index is 0.00000512. The summed E-state index contributed by atoms with van der Waals surface area (Å²) in [5.74, 6) is 1.78. The van der Waals surface area contributed by atoms with Crippen LogP contribution in [-0.2, 0) is 9.47 Å². The van der Waals surface area contributed by atoms with Gasteiger partial charge in [-0.15, -0.1) is 24.0 Å². The van der Waals surface area contributed by atoms with Crippen LogP contribution in [0.25, 0.3) is 0 Å². The standard InChI is InChI=1S/C23H45N5O3.HI/c1-7-24-21(25-14-20(17(2)3)27-22(29)31-23(4,5)6)26-19-8-11-28(12-9-19)15-18-10-13-30-16-18;/h17-20H,7-16H2,1-6H3,(H,27,29)(H2,24,25,26);1H. The second-order valence-electron chi connectivity index (χ2n) is 10.2. The van der Waals surface area contributed by atoms with E-state index < -0.39 is 5.60 Å². The third-order valence-electron chi connectivity index (χ3n) is 5.77. The van der Waals surface area contributed by atoms with Crippen LogP contribution in [0.1, 0.15) is 60.8 Å². The summed E-state index contributed by atoms with van der Waals surface area (Å²) in [6, 6.07) is 0.339. The Morgan fingerprint density at radius 2 is 1.91 bits per heavy atom. The van der Waals surface area contributed by atoms with Crippen LogP contribution < -0.4 is 16.0 Å². The van der Waals surface area contributed by atoms with E-state index in [-0.39, 0.29) is 42.0 Å². The Kier molecular flexibility index (Phi) is 13.2. The van der Waals surface area contributed by atoms with Crippen LogP contribution in [-0.4, -0.2) is 80.6 Å². The van der Waals surface area contributed by atoms with Crippen molar-refractivity contribution in [3.8, 4) is 0 Å². The van der Waals surface area contributed by atoms with Crippen molar-refractivity contribution in [2.45, 2.75) is 78.5 Å². The summed E-state index contributed by atoms with van der Waals surface area (Å²) in [6.07, 6.45) is 3.03. The van der Waals surface area contributed by atoms with Gasteiger partial charge >= 0.3 is 6.09 Å². The van der Waals surface area contributed by atoms with Crippen LogP contribution in [0.5, 0.6) is 0 Å². The van der Waals surface area contributed by atoms with E-state index in [1.54, 1.807) is 0 Å². The minimum absolute atomic E-state index is 0. The number of piperidine rings is 1. The normalized spacial score (nSPS) is 21.7. The van der Waals surface area contributed by atoms with Gasteiger partial charge in [0.1, 0.15) is 5.60 Å². The molecule has 32 heavy (non-hydrogen) atoms. The first kappa shape index (κ1) is 29.2. The average molecular weight is 568 g/mol. The van der Waals surface area contributed by atoms with Crippen molar-refractivity contribution in [2.24, 2.45) is 16.8 Å². The van der Waals surface area contributed by atoms with Crippen LogP contribution in [0.2, 0.25) is 0 Å². The number of hydrogen-bond donors (Lipinski definition) is 3. The second kappa shape index (κ2) is 14.5. The highest BCUT2D eigenvalue weighted by Crippen LogP contribution is 2.17. The number of ether oxygens (including phenoxy) is 2. The fraction of sp³-hybridized carbons (Fsp3) is 0.913. The number of hydrogen-bond acceptors (Lipinski definition) is 5. The molecular formula is C23H46IN5O3. The number of likely N-dealkylation sites (tertiary alicyclic amines) is 1. The molecule has 0 radical (unpaired) electrons. The van der Waals surface area contributed by atoms with Crippen molar-refractivity contribution >= 4 is 36.0 Å². The fourth-order valence-corrected chi connectivity index (χ4v) is 3.94. The smallest absolute Gasteiger partial charge is 0.407 e. The molecule has 0 aromatic rings. The molecule has 2 atom stereocenters. The lowest BCUT2D eigenvalue weighted by molar-refractivity contribution is 0.0493. The Bertz CT molecular complexity index is 568. The molecule has 2 aliphatic rings. The largest absolute Gasteiger partial charge is 0.444 e. The summed E-state index contributed by atoms with van der Waals surface area (Å²) >= 11 is 0. The summed E-state index contributed by atoms with van der Waals surface area (Å²) in [6.45, 7) is 18.4. The first-order chi connectivity index (χ1) is 14.7. The Morgan fingerprint density at radius 3 is 2.44 bits per heavy atom. The molecule has 188 valence electrons. The van der Waals surface area contributed by atoms with Crippen LogP contribution in [0.3, 0.4) is 0 Å². The van der Waals surface area contributed by atoms with Gasteiger partial charge in [-0.25, -0.2) is 4.79 Å². The molecule has 2 aliphatic heterocycles. The number of carbonyl (C=O) groups excluding carboxylic acids is 1. The number of rotatable bonds is 8. The number of nitrogens with one attached hydrogen (secondary N) is 3. The van der Waals surface area contributed by atoms with E-state index in [0.29, 0.717) is 18.5 Å². The van der Waals surface area contributed by atoms with Crippen LogP contribution in [0.15, 0.2) is 4.99 Å². The van der Waals surface area contributed by atoms with E-state index >= 15 is 0 Å². The van der Waals surface area contributed by atoms with Gasteiger partial charge in [0, 0.05) is 38.8 Å². The van der Waals surface area contributed by atoms with Crippen molar-refractivity contribution in [3.63, 3.8) is 0 Å². The Labute approximate surface area is 212 Å². The topological polar surface area (TPSA) is 87.2 Å². The number of carbonyl (C=O) groups is 1. The molecular weight excluding hydrogens is 521 g/mol. The highest BCUT2D eigenvalue weighted by Gasteiger charge is 2.25. The minimum atomic E-state index is -0.509. The van der Waals surface area contributed by atoms with E-state index in [1.807, 2.05) is 20.8 Å². The molecule has 2 fully saturated rings. The Morgan fingerprint density at radius 1 is 1.22 bits per heavy atom. The summed E-state index contributed by atoms with van der Waals surface area (Å²) in [5, 5.41) is 9.92. The van der Waals surface area contributed by atoms with Gasteiger partial charge in [-0.2, -0.15) is 0 Å². The van der Waals surface area contributed by atoms with Crippen molar-refractivity contribution in [1.29, 1.82) is 0 Å². The molecule has 2 rings (SSSR count). The lowest BCUT2D eigenvalue weighted by Gasteiger charge is -2.34. The molecule has 9 heteroatoms. The summed E-state index contributed by atoms with van der Waals surface area (Å²) < 4.78 is 10.9. The van der Waals surface area contributed by atoms with E-state index in [4.69, 9.17) is 14.5 Å². The quantitative estimate of drug-likeness (QED) is 0.237. The summed E-state index contributed by atoms with van der Waals surface area (Å²) in [5.41, 5.74) is -0.509. The van der Waals surface area contributed by atoms with Gasteiger partial charge in [-0.3, -0.25) is 4.99 Å². The van der Waals surface area contributed by atoms with Crippen molar-refractivity contribution in [3.05, 3.63) is 0 Å². The van der Waals surface area contributed by atoms with Gasteiger partial charge < -0.3 is 30.3 Å². The van der Waals surface area contributed by atoms with E-state index in [2.05, 4.69) is 41.6 Å². The maximum Gasteiger partial charge on any atom is 0.407 e. The van der Waals surface area contributed by atoms with Crippen LogP contribution in [0.4, 0.5) is 4.79 Å². The first-order valence-corrected chi connectivity index (χ1v) is 12.0. The van der Waals surface area contributed by atoms with Crippen molar-refractivity contribution in [1.82, 2.24) is 20.9 Å². The number of amides is 1. The fourth-order valence-electron chi connectivity index (χ4n) is 3.94. The molecule has 0 saturated carbocycles. The lowest BCUT2D eigenvalue weighted by Crippen LogP contribution is -2.50. The van der Waals surface area contributed by atoms with Gasteiger partial charge in [-0.1, -0.05) is 13.8 Å². The molecule has 0 aromatic heterocycles. The van der Waals surface area contributed by atoms with E-state index in [1.165, 1.54) is 6.42 Å². The third kappa shape index (κ3) is 11.4. The molecule has 3 N–H and O–H groups in total. The van der Waals surface area contributed by atoms with Gasteiger partial charge in [0.25, 0.3) is 0 Å². The number of alkyl carbamates (subject to hydrolysis) is 1. The number of nitrogens with zero attached hydrogens (tertiary/aromatic N) is 2. The van der Waals surface area contributed by atoms with Crippen LogP contribution >= 0.6 is 24.0 Å².